The second-order valence-corrected chi connectivity index (χ2v) is 7.48. The van der Waals surface area contributed by atoms with Crippen molar-refractivity contribution >= 4 is 22.6 Å². The van der Waals surface area contributed by atoms with E-state index >= 15 is 0 Å². The number of aromatic nitrogens is 2. The molecule has 0 aliphatic carbocycles. The standard InChI is InChI=1S/C20H27N3O3/c1-5-6-9-12-23-15-11-8-7-10-14(15)18(25)17(22-23)19(26)21-13-16(24)20(2,3)4/h7-8,10-11H,5-6,9,12-13H2,1-4H3,(H,21,26). The van der Waals surface area contributed by atoms with Gasteiger partial charge in [-0.25, -0.2) is 0 Å². The first-order valence-corrected chi connectivity index (χ1v) is 9.07. The highest BCUT2D eigenvalue weighted by molar-refractivity contribution is 5.98. The number of Topliss-reactive ketones (excluding diaryl/α,β-unsaturated/α-hetero) is 1. The van der Waals surface area contributed by atoms with E-state index in [2.05, 4.69) is 17.3 Å². The third-order valence-electron chi connectivity index (χ3n) is 4.30. The molecule has 2 rings (SSSR count). The zero-order valence-electron chi connectivity index (χ0n) is 16.0. The molecule has 140 valence electrons. The number of amides is 1. The monoisotopic (exact) mass is 357 g/mol. The van der Waals surface area contributed by atoms with E-state index in [9.17, 15) is 14.4 Å². The third kappa shape index (κ3) is 4.56. The lowest BCUT2D eigenvalue weighted by Gasteiger charge is -2.17. The number of hydrogen-bond donors (Lipinski definition) is 1. The molecule has 0 bridgehead atoms. The van der Waals surface area contributed by atoms with Crippen LogP contribution in [0.15, 0.2) is 29.1 Å². The predicted molar refractivity (Wildman–Crippen MR) is 102 cm³/mol. The van der Waals surface area contributed by atoms with Gasteiger partial charge in [0.15, 0.2) is 11.5 Å². The number of carbonyl (C=O) groups is 2. The van der Waals surface area contributed by atoms with Crippen molar-refractivity contribution in [3.63, 3.8) is 0 Å². The first-order valence-electron chi connectivity index (χ1n) is 9.07. The summed E-state index contributed by atoms with van der Waals surface area (Å²) in [5.41, 5.74) is -0.407. The number of benzene rings is 1. The fourth-order valence-corrected chi connectivity index (χ4v) is 2.58. The van der Waals surface area contributed by atoms with Gasteiger partial charge in [0.1, 0.15) is 0 Å². The summed E-state index contributed by atoms with van der Waals surface area (Å²) in [5.74, 6) is -0.711. The van der Waals surface area contributed by atoms with Gasteiger partial charge in [0.05, 0.1) is 12.1 Å². The molecule has 1 aromatic carbocycles. The average Bonchev–Trinajstić information content (AvgIpc) is 2.60. The number of hydrogen-bond acceptors (Lipinski definition) is 4. The van der Waals surface area contributed by atoms with Crippen molar-refractivity contribution < 1.29 is 9.59 Å². The maximum Gasteiger partial charge on any atom is 0.276 e. The van der Waals surface area contributed by atoms with Crippen molar-refractivity contribution in [2.45, 2.75) is 53.5 Å². The Bertz CT molecular complexity index is 863. The first-order chi connectivity index (χ1) is 12.3. The van der Waals surface area contributed by atoms with Gasteiger partial charge in [-0.05, 0) is 18.6 Å². The van der Waals surface area contributed by atoms with E-state index in [1.54, 1.807) is 37.6 Å². The van der Waals surface area contributed by atoms with Crippen LogP contribution in [0.3, 0.4) is 0 Å². The lowest BCUT2D eigenvalue weighted by Crippen LogP contribution is -2.38. The van der Waals surface area contributed by atoms with E-state index in [1.165, 1.54) is 0 Å². The maximum atomic E-state index is 12.7. The van der Waals surface area contributed by atoms with Crippen molar-refractivity contribution in [2.75, 3.05) is 6.54 Å². The van der Waals surface area contributed by atoms with Crippen LogP contribution in [-0.4, -0.2) is 28.0 Å². The van der Waals surface area contributed by atoms with Crippen molar-refractivity contribution in [3.8, 4) is 0 Å². The molecule has 1 heterocycles. The highest BCUT2D eigenvalue weighted by atomic mass is 16.2. The minimum atomic E-state index is -0.609. The molecular weight excluding hydrogens is 330 g/mol. The molecule has 0 aliphatic heterocycles. The lowest BCUT2D eigenvalue weighted by molar-refractivity contribution is -0.125. The van der Waals surface area contributed by atoms with Gasteiger partial charge in [0.2, 0.25) is 5.43 Å². The normalized spacial score (nSPS) is 11.5. The zero-order valence-corrected chi connectivity index (χ0v) is 16.0. The van der Waals surface area contributed by atoms with Crippen molar-refractivity contribution in [1.29, 1.82) is 0 Å². The molecular formula is C20H27N3O3. The Morgan fingerprint density at radius 3 is 2.50 bits per heavy atom. The van der Waals surface area contributed by atoms with Crippen LogP contribution in [0, 0.1) is 5.41 Å². The molecule has 0 fully saturated rings. The van der Waals surface area contributed by atoms with Gasteiger partial charge in [-0.2, -0.15) is 5.10 Å². The van der Waals surface area contributed by atoms with Gasteiger partial charge in [-0.15, -0.1) is 0 Å². The molecule has 1 aromatic heterocycles. The fourth-order valence-electron chi connectivity index (χ4n) is 2.58. The Morgan fingerprint density at radius 1 is 1.15 bits per heavy atom. The summed E-state index contributed by atoms with van der Waals surface area (Å²) in [6, 6.07) is 7.15. The van der Waals surface area contributed by atoms with Gasteiger partial charge in [-0.3, -0.25) is 19.1 Å². The van der Waals surface area contributed by atoms with Crippen LogP contribution in [-0.2, 0) is 11.3 Å². The molecule has 0 unspecified atom stereocenters. The molecule has 0 aliphatic rings. The summed E-state index contributed by atoms with van der Waals surface area (Å²) in [7, 11) is 0. The summed E-state index contributed by atoms with van der Waals surface area (Å²) in [6.45, 7) is 7.99. The Hall–Kier alpha value is -2.50. The van der Waals surface area contributed by atoms with Crippen LogP contribution in [0.2, 0.25) is 0 Å². The molecule has 26 heavy (non-hydrogen) atoms. The Morgan fingerprint density at radius 2 is 1.85 bits per heavy atom. The van der Waals surface area contributed by atoms with Crippen molar-refractivity contribution in [1.82, 2.24) is 15.1 Å². The maximum absolute atomic E-state index is 12.7. The third-order valence-corrected chi connectivity index (χ3v) is 4.30. The van der Waals surface area contributed by atoms with Crippen LogP contribution >= 0.6 is 0 Å². The second kappa shape index (κ2) is 8.25. The highest BCUT2D eigenvalue weighted by Crippen LogP contribution is 2.14. The van der Waals surface area contributed by atoms with Gasteiger partial charge in [-0.1, -0.05) is 52.7 Å². The van der Waals surface area contributed by atoms with E-state index < -0.39 is 16.8 Å². The second-order valence-electron chi connectivity index (χ2n) is 7.48. The highest BCUT2D eigenvalue weighted by Gasteiger charge is 2.23. The van der Waals surface area contributed by atoms with Crippen LogP contribution < -0.4 is 10.7 Å². The van der Waals surface area contributed by atoms with Crippen molar-refractivity contribution in [3.05, 3.63) is 40.2 Å². The smallest absolute Gasteiger partial charge is 0.276 e. The lowest BCUT2D eigenvalue weighted by atomic mass is 9.91. The Balaban J connectivity index is 2.34. The molecule has 2 aromatic rings. The number of rotatable bonds is 7. The SMILES string of the molecule is CCCCCn1nc(C(=O)NCC(=O)C(C)(C)C)c(=O)c2ccccc21. The predicted octanol–water partition coefficient (Wildman–Crippen LogP) is 2.93. The van der Waals surface area contributed by atoms with Crippen LogP contribution in [0.4, 0.5) is 0 Å². The quantitative estimate of drug-likeness (QED) is 0.773. The number of para-hydroxylation sites is 1. The van der Waals surface area contributed by atoms with E-state index in [0.717, 1.165) is 24.8 Å². The largest absolute Gasteiger partial charge is 0.343 e. The van der Waals surface area contributed by atoms with Crippen LogP contribution in [0.1, 0.15) is 57.4 Å². The minimum Gasteiger partial charge on any atom is -0.343 e. The van der Waals surface area contributed by atoms with E-state index in [4.69, 9.17) is 0 Å². The Kier molecular flexibility index (Phi) is 6.29. The molecule has 0 radical (unpaired) electrons. The van der Waals surface area contributed by atoms with E-state index in [0.29, 0.717) is 11.9 Å². The van der Waals surface area contributed by atoms with Gasteiger partial charge in [0.25, 0.3) is 5.91 Å². The summed E-state index contributed by atoms with van der Waals surface area (Å²) in [4.78, 5) is 37.2. The van der Waals surface area contributed by atoms with Gasteiger partial charge in [0, 0.05) is 17.3 Å². The molecule has 0 atom stereocenters. The average molecular weight is 357 g/mol. The number of nitrogens with one attached hydrogen (secondary N) is 1. The van der Waals surface area contributed by atoms with E-state index in [1.807, 2.05) is 12.1 Å². The number of ketones is 1. The van der Waals surface area contributed by atoms with Gasteiger partial charge >= 0.3 is 0 Å². The molecule has 0 spiro atoms. The number of aryl methyl sites for hydroxylation is 1. The van der Waals surface area contributed by atoms with Crippen molar-refractivity contribution in [2.24, 2.45) is 5.41 Å². The van der Waals surface area contributed by atoms with E-state index in [-0.39, 0.29) is 18.0 Å². The minimum absolute atomic E-state index is 0.102. The molecule has 6 heteroatoms. The molecule has 1 amide bonds. The van der Waals surface area contributed by atoms with Crippen LogP contribution in [0.25, 0.3) is 10.9 Å². The molecule has 0 saturated heterocycles. The van der Waals surface area contributed by atoms with Gasteiger partial charge < -0.3 is 5.32 Å². The number of carbonyl (C=O) groups excluding carboxylic acids is 2. The summed E-state index contributed by atoms with van der Waals surface area (Å²) in [6.07, 6.45) is 3.03. The fraction of sp³-hybridized carbons (Fsp3) is 0.500. The first kappa shape index (κ1) is 19.8. The van der Waals surface area contributed by atoms with Crippen LogP contribution in [0.5, 0.6) is 0 Å². The molecule has 6 nitrogen and oxygen atoms in total. The Labute approximate surface area is 153 Å². The summed E-state index contributed by atoms with van der Waals surface area (Å²) < 4.78 is 1.72. The number of nitrogens with zero attached hydrogens (tertiary/aromatic N) is 2. The topological polar surface area (TPSA) is 81.1 Å². The number of unbranched alkanes of at least 4 members (excludes halogenated alkanes) is 2. The molecule has 1 N–H and O–H groups in total. The number of fused-ring (bicyclic) bond motifs is 1. The molecule has 0 saturated carbocycles. The summed E-state index contributed by atoms with van der Waals surface area (Å²) >= 11 is 0. The zero-order chi connectivity index (χ0) is 19.3. The summed E-state index contributed by atoms with van der Waals surface area (Å²) in [5, 5.41) is 7.30.